The summed E-state index contributed by atoms with van der Waals surface area (Å²) in [4.78, 5) is 0.758. The second-order valence-corrected chi connectivity index (χ2v) is 6.75. The van der Waals surface area contributed by atoms with Gasteiger partial charge in [0.05, 0.1) is 27.2 Å². The van der Waals surface area contributed by atoms with Crippen LogP contribution in [-0.2, 0) is 13.7 Å². The molecule has 0 aliphatic heterocycles. The van der Waals surface area contributed by atoms with E-state index in [2.05, 4.69) is 5.10 Å². The summed E-state index contributed by atoms with van der Waals surface area (Å²) in [5.41, 5.74) is 2.49. The van der Waals surface area contributed by atoms with Gasteiger partial charge in [0.1, 0.15) is 5.03 Å². The summed E-state index contributed by atoms with van der Waals surface area (Å²) in [5, 5.41) is 16.4. The lowest BCUT2D eigenvalue weighted by atomic mass is 10.1. The van der Waals surface area contributed by atoms with E-state index in [0.717, 1.165) is 26.7 Å². The van der Waals surface area contributed by atoms with Gasteiger partial charge in [0.15, 0.2) is 0 Å². The Balaban J connectivity index is 2.09. The number of aromatic nitrogens is 2. The Kier molecular flexibility index (Phi) is 4.97. The first-order chi connectivity index (χ1) is 11.1. The number of aryl methyl sites for hydroxylation is 1. The molecule has 0 spiro atoms. The first-order valence-electron chi connectivity index (χ1n) is 6.96. The van der Waals surface area contributed by atoms with Crippen molar-refractivity contribution in [1.29, 1.82) is 0 Å². The van der Waals surface area contributed by atoms with Crippen molar-refractivity contribution < 1.29 is 5.11 Å². The van der Waals surface area contributed by atoms with E-state index in [4.69, 9.17) is 23.2 Å². The number of halogens is 2. The Morgan fingerprint density at radius 1 is 1.04 bits per heavy atom. The molecule has 0 aliphatic carbocycles. The average Bonchev–Trinajstić information content (AvgIpc) is 2.88. The fourth-order valence-electron chi connectivity index (χ4n) is 2.33. The first kappa shape index (κ1) is 16.4. The van der Waals surface area contributed by atoms with Gasteiger partial charge in [0.2, 0.25) is 0 Å². The molecule has 0 saturated heterocycles. The number of nitrogens with zero attached hydrogens (tertiary/aromatic N) is 2. The maximum Gasteiger partial charge on any atom is 0.105 e. The van der Waals surface area contributed by atoms with Gasteiger partial charge in [-0.05, 0) is 12.1 Å². The molecule has 118 valence electrons. The van der Waals surface area contributed by atoms with Gasteiger partial charge in [-0.3, -0.25) is 4.68 Å². The summed E-state index contributed by atoms with van der Waals surface area (Å²) in [6, 6.07) is 15.2. The van der Waals surface area contributed by atoms with E-state index in [0.29, 0.717) is 10.0 Å². The minimum absolute atomic E-state index is 0.109. The van der Waals surface area contributed by atoms with Crippen molar-refractivity contribution in [1.82, 2.24) is 9.78 Å². The smallest absolute Gasteiger partial charge is 0.105 e. The molecule has 0 radical (unpaired) electrons. The van der Waals surface area contributed by atoms with Gasteiger partial charge < -0.3 is 5.11 Å². The van der Waals surface area contributed by atoms with Gasteiger partial charge in [-0.2, -0.15) is 5.10 Å². The quantitative estimate of drug-likeness (QED) is 0.704. The fraction of sp³-hybridized carbons (Fsp3) is 0.118. The highest BCUT2D eigenvalue weighted by molar-refractivity contribution is 7.99. The number of benzene rings is 2. The highest BCUT2D eigenvalue weighted by Crippen LogP contribution is 2.41. The van der Waals surface area contributed by atoms with Crippen LogP contribution in [0.5, 0.6) is 0 Å². The van der Waals surface area contributed by atoms with E-state index in [-0.39, 0.29) is 6.61 Å². The Hall–Kier alpha value is -1.46. The summed E-state index contributed by atoms with van der Waals surface area (Å²) in [6.45, 7) is -0.109. The monoisotopic (exact) mass is 364 g/mol. The lowest BCUT2D eigenvalue weighted by Crippen LogP contribution is -1.94. The molecule has 1 N–H and O–H groups in total. The Labute approximate surface area is 148 Å². The highest BCUT2D eigenvalue weighted by Gasteiger charge is 2.19. The van der Waals surface area contributed by atoms with E-state index in [1.54, 1.807) is 22.9 Å². The van der Waals surface area contributed by atoms with E-state index >= 15 is 0 Å². The Morgan fingerprint density at radius 3 is 2.30 bits per heavy atom. The van der Waals surface area contributed by atoms with Crippen molar-refractivity contribution in [3.05, 3.63) is 64.1 Å². The predicted molar refractivity (Wildman–Crippen MR) is 95.2 cm³/mol. The molecule has 1 heterocycles. The number of hydrogen-bond donors (Lipinski definition) is 1. The zero-order valence-electron chi connectivity index (χ0n) is 12.3. The zero-order chi connectivity index (χ0) is 16.4. The lowest BCUT2D eigenvalue weighted by Gasteiger charge is -2.08. The summed E-state index contributed by atoms with van der Waals surface area (Å²) >= 11 is 13.9. The van der Waals surface area contributed by atoms with Gasteiger partial charge >= 0.3 is 0 Å². The molecule has 0 bridgehead atoms. The van der Waals surface area contributed by atoms with Crippen molar-refractivity contribution in [2.75, 3.05) is 0 Å². The van der Waals surface area contributed by atoms with Gasteiger partial charge in [0, 0.05) is 18.2 Å². The zero-order valence-corrected chi connectivity index (χ0v) is 14.7. The largest absolute Gasteiger partial charge is 0.391 e. The topological polar surface area (TPSA) is 38.0 Å². The molecule has 3 nitrogen and oxygen atoms in total. The molecular formula is C17H14Cl2N2OS. The van der Waals surface area contributed by atoms with Crippen molar-refractivity contribution >= 4 is 35.0 Å². The molecule has 0 fully saturated rings. The molecule has 0 unspecified atom stereocenters. The molecule has 2 aromatic carbocycles. The predicted octanol–water partition coefficient (Wildman–Crippen LogP) is 5.04. The van der Waals surface area contributed by atoms with Crippen LogP contribution in [0.3, 0.4) is 0 Å². The van der Waals surface area contributed by atoms with Crippen LogP contribution in [0.1, 0.15) is 5.56 Å². The summed E-state index contributed by atoms with van der Waals surface area (Å²) in [7, 11) is 1.85. The van der Waals surface area contributed by atoms with Gasteiger partial charge in [-0.25, -0.2) is 0 Å². The van der Waals surface area contributed by atoms with Crippen LogP contribution in [0.15, 0.2) is 58.5 Å². The number of aliphatic hydroxyl groups excluding tert-OH is 1. The maximum atomic E-state index is 9.86. The third-order valence-electron chi connectivity index (χ3n) is 3.41. The molecule has 1 aromatic heterocycles. The Bertz CT molecular complexity index is 814. The molecule has 0 aliphatic rings. The second kappa shape index (κ2) is 6.97. The van der Waals surface area contributed by atoms with Crippen LogP contribution in [0.2, 0.25) is 10.0 Å². The number of rotatable bonds is 4. The lowest BCUT2D eigenvalue weighted by molar-refractivity contribution is 0.279. The average molecular weight is 365 g/mol. The third kappa shape index (κ3) is 3.26. The van der Waals surface area contributed by atoms with Crippen LogP contribution in [0.25, 0.3) is 11.3 Å². The van der Waals surface area contributed by atoms with Crippen molar-refractivity contribution in [2.24, 2.45) is 7.05 Å². The van der Waals surface area contributed by atoms with E-state index in [9.17, 15) is 5.11 Å². The first-order valence-corrected chi connectivity index (χ1v) is 8.53. The summed E-state index contributed by atoms with van der Waals surface area (Å²) in [6.07, 6.45) is 0. The van der Waals surface area contributed by atoms with E-state index in [1.807, 2.05) is 37.4 Å². The molecule has 23 heavy (non-hydrogen) atoms. The van der Waals surface area contributed by atoms with Crippen LogP contribution in [0.4, 0.5) is 0 Å². The normalized spacial score (nSPS) is 11.0. The van der Waals surface area contributed by atoms with Gasteiger partial charge in [-0.1, -0.05) is 71.4 Å². The fourth-order valence-corrected chi connectivity index (χ4v) is 3.94. The van der Waals surface area contributed by atoms with Crippen molar-refractivity contribution in [3.63, 3.8) is 0 Å². The van der Waals surface area contributed by atoms with Crippen LogP contribution in [-0.4, -0.2) is 14.9 Å². The van der Waals surface area contributed by atoms with Gasteiger partial charge in [-0.15, -0.1) is 0 Å². The van der Waals surface area contributed by atoms with Crippen LogP contribution >= 0.6 is 35.0 Å². The molecular weight excluding hydrogens is 351 g/mol. The molecule has 0 saturated carbocycles. The molecule has 0 atom stereocenters. The number of hydrogen-bond acceptors (Lipinski definition) is 3. The molecule has 3 rings (SSSR count). The minimum atomic E-state index is -0.109. The van der Waals surface area contributed by atoms with Gasteiger partial charge in [0.25, 0.3) is 0 Å². The highest BCUT2D eigenvalue weighted by atomic mass is 35.5. The van der Waals surface area contributed by atoms with Crippen molar-refractivity contribution in [3.8, 4) is 11.3 Å². The maximum absolute atomic E-state index is 9.86. The standard InChI is InChI=1S/C17H14Cl2N2OS/c1-21-17(23-16-13(18)8-5-9-14(16)19)12(10-22)15(20-21)11-6-3-2-4-7-11/h2-9,22H,10H2,1H3. The van der Waals surface area contributed by atoms with E-state index in [1.165, 1.54) is 11.8 Å². The molecule has 3 aromatic rings. The Morgan fingerprint density at radius 2 is 1.70 bits per heavy atom. The van der Waals surface area contributed by atoms with Crippen LogP contribution in [0, 0.1) is 0 Å². The van der Waals surface area contributed by atoms with Crippen molar-refractivity contribution in [2.45, 2.75) is 16.5 Å². The summed E-state index contributed by atoms with van der Waals surface area (Å²) < 4.78 is 1.75. The second-order valence-electron chi connectivity index (χ2n) is 4.93. The van der Waals surface area contributed by atoms with Crippen LogP contribution < -0.4 is 0 Å². The number of aliphatic hydroxyl groups is 1. The summed E-state index contributed by atoms with van der Waals surface area (Å²) in [5.74, 6) is 0. The molecule has 6 heteroatoms. The van der Waals surface area contributed by atoms with E-state index < -0.39 is 0 Å². The molecule has 0 amide bonds. The SMILES string of the molecule is Cn1nc(-c2ccccc2)c(CO)c1Sc1c(Cl)cccc1Cl. The third-order valence-corrected chi connectivity index (χ3v) is 5.61. The minimum Gasteiger partial charge on any atom is -0.391 e.